The van der Waals surface area contributed by atoms with Gasteiger partial charge in [-0.05, 0) is 25.0 Å². The van der Waals surface area contributed by atoms with Crippen LogP contribution in [0.4, 0.5) is 0 Å². The Labute approximate surface area is 105 Å². The maximum absolute atomic E-state index is 12.0. The van der Waals surface area contributed by atoms with Crippen molar-refractivity contribution in [1.29, 1.82) is 0 Å². The van der Waals surface area contributed by atoms with E-state index in [4.69, 9.17) is 0 Å². The number of carbonyl (C=O) groups is 1. The van der Waals surface area contributed by atoms with Crippen molar-refractivity contribution < 1.29 is 9.90 Å². The zero-order valence-electron chi connectivity index (χ0n) is 9.89. The first-order valence-corrected chi connectivity index (χ1v) is 6.01. The first-order chi connectivity index (χ1) is 8.72. The van der Waals surface area contributed by atoms with Gasteiger partial charge in [0, 0.05) is 11.6 Å². The van der Waals surface area contributed by atoms with Gasteiger partial charge < -0.3 is 10.4 Å². The van der Waals surface area contributed by atoms with Gasteiger partial charge >= 0.3 is 0 Å². The van der Waals surface area contributed by atoms with Crippen LogP contribution in [-0.2, 0) is 0 Å². The summed E-state index contributed by atoms with van der Waals surface area (Å²) in [6, 6.07) is 9.50. The van der Waals surface area contributed by atoms with Crippen LogP contribution in [0.25, 0.3) is 10.9 Å². The van der Waals surface area contributed by atoms with Crippen molar-refractivity contribution in [2.24, 2.45) is 0 Å². The fourth-order valence-electron chi connectivity index (χ4n) is 1.98. The van der Waals surface area contributed by atoms with Gasteiger partial charge in [0.15, 0.2) is 0 Å². The lowest BCUT2D eigenvalue weighted by Gasteiger charge is -2.14. The number of nitrogens with one attached hydrogen (secondary N) is 1. The Morgan fingerprint density at radius 1 is 1.39 bits per heavy atom. The van der Waals surface area contributed by atoms with Crippen molar-refractivity contribution in [2.45, 2.75) is 18.4 Å². The number of aliphatic hydroxyl groups excluding tert-OH is 1. The van der Waals surface area contributed by atoms with Gasteiger partial charge in [0.1, 0.15) is 0 Å². The van der Waals surface area contributed by atoms with Gasteiger partial charge in [-0.25, -0.2) is 0 Å². The van der Waals surface area contributed by atoms with Gasteiger partial charge in [0.25, 0.3) is 5.91 Å². The normalized spacial score (nSPS) is 16.5. The summed E-state index contributed by atoms with van der Waals surface area (Å²) in [4.78, 5) is 16.3. The molecule has 1 fully saturated rings. The zero-order chi connectivity index (χ0) is 12.6. The summed E-state index contributed by atoms with van der Waals surface area (Å²) in [5, 5.41) is 13.0. The third kappa shape index (κ3) is 1.95. The minimum atomic E-state index is -0.386. The number of fused-ring (bicyclic) bond motifs is 1. The minimum absolute atomic E-state index is 0.000248. The van der Waals surface area contributed by atoms with E-state index in [-0.39, 0.29) is 18.1 Å². The molecule has 4 heteroatoms. The van der Waals surface area contributed by atoms with Crippen molar-refractivity contribution in [1.82, 2.24) is 10.3 Å². The standard InChI is InChI=1S/C14H14N2O2/c17-9-14(5-6-14)16-13(18)11-7-10-3-1-2-4-12(10)15-8-11/h1-4,7-8,17H,5-6,9H2,(H,16,18). The molecule has 0 bridgehead atoms. The van der Waals surface area contributed by atoms with E-state index >= 15 is 0 Å². The minimum Gasteiger partial charge on any atom is -0.394 e. The van der Waals surface area contributed by atoms with Gasteiger partial charge in [0.2, 0.25) is 0 Å². The smallest absolute Gasteiger partial charge is 0.253 e. The number of aliphatic hydroxyl groups is 1. The average molecular weight is 242 g/mol. The molecule has 0 spiro atoms. The van der Waals surface area contributed by atoms with E-state index < -0.39 is 0 Å². The fraction of sp³-hybridized carbons (Fsp3) is 0.286. The molecule has 0 radical (unpaired) electrons. The second-order valence-electron chi connectivity index (χ2n) is 4.81. The number of nitrogens with zero attached hydrogens (tertiary/aromatic N) is 1. The van der Waals surface area contributed by atoms with Crippen LogP contribution in [-0.4, -0.2) is 28.1 Å². The molecule has 1 saturated carbocycles. The summed E-state index contributed by atoms with van der Waals surface area (Å²) < 4.78 is 0. The van der Waals surface area contributed by atoms with E-state index in [1.54, 1.807) is 6.20 Å². The molecule has 1 aliphatic rings. The molecule has 0 unspecified atom stereocenters. The maximum Gasteiger partial charge on any atom is 0.253 e. The molecule has 4 nitrogen and oxygen atoms in total. The van der Waals surface area contributed by atoms with E-state index in [1.807, 2.05) is 30.3 Å². The molecule has 92 valence electrons. The molecule has 1 aliphatic carbocycles. The van der Waals surface area contributed by atoms with Crippen molar-refractivity contribution in [3.05, 3.63) is 42.1 Å². The van der Waals surface area contributed by atoms with Gasteiger partial charge in [-0.15, -0.1) is 0 Å². The lowest BCUT2D eigenvalue weighted by molar-refractivity contribution is 0.0906. The Kier molecular flexibility index (Phi) is 2.52. The summed E-state index contributed by atoms with van der Waals surface area (Å²) in [5.74, 6) is -0.167. The SMILES string of the molecule is O=C(NC1(CO)CC1)c1cnc2ccccc2c1. The molecule has 1 heterocycles. The summed E-state index contributed by atoms with van der Waals surface area (Å²) in [6.07, 6.45) is 3.26. The van der Waals surface area contributed by atoms with Crippen LogP contribution in [0, 0.1) is 0 Å². The molecule has 1 aromatic heterocycles. The highest BCUT2D eigenvalue weighted by Gasteiger charge is 2.43. The molecule has 2 aromatic rings. The Bertz CT molecular complexity index is 606. The number of para-hydroxylation sites is 1. The Hall–Kier alpha value is -1.94. The summed E-state index contributed by atoms with van der Waals surface area (Å²) in [5.41, 5.74) is 1.02. The highest BCUT2D eigenvalue weighted by atomic mass is 16.3. The number of aromatic nitrogens is 1. The zero-order valence-corrected chi connectivity index (χ0v) is 9.89. The van der Waals surface area contributed by atoms with Crippen molar-refractivity contribution in [2.75, 3.05) is 6.61 Å². The third-order valence-electron chi connectivity index (χ3n) is 3.39. The molecular weight excluding hydrogens is 228 g/mol. The third-order valence-corrected chi connectivity index (χ3v) is 3.39. The number of carbonyl (C=O) groups excluding carboxylic acids is 1. The average Bonchev–Trinajstić information content (AvgIpc) is 3.18. The predicted molar refractivity (Wildman–Crippen MR) is 68.3 cm³/mol. The van der Waals surface area contributed by atoms with Crippen LogP contribution in [0.5, 0.6) is 0 Å². The Morgan fingerprint density at radius 2 is 2.17 bits per heavy atom. The largest absolute Gasteiger partial charge is 0.394 e. The first kappa shape index (κ1) is 11.2. The van der Waals surface area contributed by atoms with E-state index in [9.17, 15) is 9.90 Å². The van der Waals surface area contributed by atoms with Gasteiger partial charge in [-0.1, -0.05) is 18.2 Å². The number of pyridine rings is 1. The highest BCUT2D eigenvalue weighted by Crippen LogP contribution is 2.34. The monoisotopic (exact) mass is 242 g/mol. The van der Waals surface area contributed by atoms with Crippen LogP contribution >= 0.6 is 0 Å². The van der Waals surface area contributed by atoms with Crippen molar-refractivity contribution >= 4 is 16.8 Å². The van der Waals surface area contributed by atoms with Gasteiger partial charge in [-0.2, -0.15) is 0 Å². The van der Waals surface area contributed by atoms with Crippen LogP contribution in [0.15, 0.2) is 36.5 Å². The topological polar surface area (TPSA) is 62.2 Å². The predicted octanol–water partition coefficient (Wildman–Crippen LogP) is 1.49. The van der Waals surface area contributed by atoms with E-state index in [0.29, 0.717) is 5.56 Å². The number of rotatable bonds is 3. The van der Waals surface area contributed by atoms with Crippen molar-refractivity contribution in [3.8, 4) is 0 Å². The van der Waals surface area contributed by atoms with E-state index in [2.05, 4.69) is 10.3 Å². The molecular formula is C14H14N2O2. The number of hydrogen-bond donors (Lipinski definition) is 2. The molecule has 1 aromatic carbocycles. The Balaban J connectivity index is 1.87. The number of amides is 1. The quantitative estimate of drug-likeness (QED) is 0.857. The van der Waals surface area contributed by atoms with Crippen LogP contribution in [0.1, 0.15) is 23.2 Å². The van der Waals surface area contributed by atoms with Crippen LogP contribution < -0.4 is 5.32 Å². The maximum atomic E-state index is 12.0. The lowest BCUT2D eigenvalue weighted by Crippen LogP contribution is -2.39. The van der Waals surface area contributed by atoms with E-state index in [1.165, 1.54) is 0 Å². The first-order valence-electron chi connectivity index (χ1n) is 6.01. The summed E-state index contributed by atoms with van der Waals surface area (Å²) in [7, 11) is 0. The molecule has 3 rings (SSSR count). The molecule has 0 saturated heterocycles. The second-order valence-corrected chi connectivity index (χ2v) is 4.81. The second kappa shape index (κ2) is 4.07. The molecule has 0 atom stereocenters. The van der Waals surface area contributed by atoms with Crippen LogP contribution in [0.3, 0.4) is 0 Å². The number of hydrogen-bond acceptors (Lipinski definition) is 3. The summed E-state index contributed by atoms with van der Waals surface area (Å²) in [6.45, 7) is -0.000248. The number of benzene rings is 1. The van der Waals surface area contributed by atoms with Crippen molar-refractivity contribution in [3.63, 3.8) is 0 Å². The van der Waals surface area contributed by atoms with E-state index in [0.717, 1.165) is 23.7 Å². The highest BCUT2D eigenvalue weighted by molar-refractivity contribution is 5.97. The van der Waals surface area contributed by atoms with Gasteiger partial charge in [0.05, 0.1) is 23.2 Å². The molecule has 1 amide bonds. The Morgan fingerprint density at radius 3 is 2.89 bits per heavy atom. The lowest BCUT2D eigenvalue weighted by atomic mass is 10.1. The molecule has 0 aliphatic heterocycles. The molecule has 18 heavy (non-hydrogen) atoms. The summed E-state index contributed by atoms with van der Waals surface area (Å²) >= 11 is 0. The van der Waals surface area contributed by atoms with Crippen LogP contribution in [0.2, 0.25) is 0 Å². The fourth-order valence-corrected chi connectivity index (χ4v) is 1.98. The molecule has 2 N–H and O–H groups in total. The van der Waals surface area contributed by atoms with Gasteiger partial charge in [-0.3, -0.25) is 9.78 Å².